The largest absolute Gasteiger partial charge is 0.424 e. The smallest absolute Gasteiger partial charge is 0.324 e. The van der Waals surface area contributed by atoms with E-state index in [0.29, 0.717) is 30.2 Å². The summed E-state index contributed by atoms with van der Waals surface area (Å²) in [5.74, 6) is 1.18. The van der Waals surface area contributed by atoms with Crippen LogP contribution in [0, 0.1) is 6.92 Å². The third-order valence-electron chi connectivity index (χ3n) is 6.89. The first-order chi connectivity index (χ1) is 21.1. The number of ether oxygens (including phenoxy) is 1. The number of pyridine rings is 1. The zero-order valence-electron chi connectivity index (χ0n) is 24.7. The van der Waals surface area contributed by atoms with E-state index in [2.05, 4.69) is 51.3 Å². The van der Waals surface area contributed by atoms with Crippen LogP contribution in [0.4, 0.5) is 21.4 Å². The van der Waals surface area contributed by atoms with Crippen LogP contribution in [-0.4, -0.2) is 48.2 Å². The summed E-state index contributed by atoms with van der Waals surface area (Å²) in [6.07, 6.45) is 7.87. The molecule has 44 heavy (non-hydrogen) atoms. The minimum Gasteiger partial charge on any atom is -0.424 e. The number of anilines is 3. The fourth-order valence-electron chi connectivity index (χ4n) is 4.50. The summed E-state index contributed by atoms with van der Waals surface area (Å²) in [5.41, 5.74) is 3.57. The number of benzene rings is 1. The minimum atomic E-state index is -0.472. The second-order valence-electron chi connectivity index (χ2n) is 11.4. The van der Waals surface area contributed by atoms with Crippen LogP contribution >= 0.6 is 11.3 Å². The van der Waals surface area contributed by atoms with E-state index in [1.54, 1.807) is 22.0 Å². The van der Waals surface area contributed by atoms with Crippen molar-refractivity contribution in [2.45, 2.75) is 46.0 Å². The van der Waals surface area contributed by atoms with Crippen molar-refractivity contribution in [3.05, 3.63) is 78.6 Å². The predicted octanol–water partition coefficient (Wildman–Crippen LogP) is 6.35. The molecule has 0 saturated carbocycles. The summed E-state index contributed by atoms with van der Waals surface area (Å²) in [4.78, 5) is 44.9. The Kier molecular flexibility index (Phi) is 7.78. The highest BCUT2D eigenvalue weighted by atomic mass is 32.1. The van der Waals surface area contributed by atoms with Gasteiger partial charge in [-0.1, -0.05) is 32.1 Å². The Morgan fingerprint density at radius 1 is 0.955 bits per heavy atom. The van der Waals surface area contributed by atoms with Crippen molar-refractivity contribution in [1.82, 2.24) is 29.7 Å². The summed E-state index contributed by atoms with van der Waals surface area (Å²) in [7, 11) is 0. The third kappa shape index (κ3) is 6.42. The number of hydrogen-bond acceptors (Lipinski definition) is 9. The van der Waals surface area contributed by atoms with E-state index in [4.69, 9.17) is 9.84 Å². The van der Waals surface area contributed by atoms with Crippen molar-refractivity contribution >= 4 is 39.9 Å². The Labute approximate surface area is 258 Å². The van der Waals surface area contributed by atoms with Gasteiger partial charge in [-0.15, -0.1) is 0 Å². The Morgan fingerprint density at radius 2 is 1.73 bits per heavy atom. The molecule has 1 aliphatic heterocycles. The average Bonchev–Trinajstić information content (AvgIpc) is 3.75. The summed E-state index contributed by atoms with van der Waals surface area (Å²) in [6.45, 7) is 8.80. The number of urea groups is 1. The third-order valence-corrected chi connectivity index (χ3v) is 7.96. The number of amides is 3. The van der Waals surface area contributed by atoms with Crippen LogP contribution in [0.15, 0.2) is 67.3 Å². The van der Waals surface area contributed by atoms with Gasteiger partial charge >= 0.3 is 12.0 Å². The summed E-state index contributed by atoms with van der Waals surface area (Å²) < 4.78 is 7.46. The number of carbonyl (C=O) groups is 2. The molecule has 1 aliphatic rings. The van der Waals surface area contributed by atoms with Crippen LogP contribution in [0.3, 0.4) is 0 Å². The first kappa shape index (κ1) is 28.9. The van der Waals surface area contributed by atoms with E-state index in [-0.39, 0.29) is 17.3 Å². The Bertz CT molecular complexity index is 1790. The number of nitrogens with one attached hydrogen (secondary N) is 2. The molecule has 0 radical (unpaired) electrons. The Morgan fingerprint density at radius 3 is 2.39 bits per heavy atom. The van der Waals surface area contributed by atoms with Gasteiger partial charge < -0.3 is 10.1 Å². The average molecular weight is 610 g/mol. The van der Waals surface area contributed by atoms with Gasteiger partial charge in [0.2, 0.25) is 5.91 Å². The lowest BCUT2D eigenvalue weighted by molar-refractivity contribution is -0.117. The lowest BCUT2D eigenvalue weighted by Crippen LogP contribution is -2.23. The normalized spacial score (nSPS) is 13.3. The van der Waals surface area contributed by atoms with Crippen molar-refractivity contribution in [2.24, 2.45) is 0 Å². The quantitative estimate of drug-likeness (QED) is 0.218. The summed E-state index contributed by atoms with van der Waals surface area (Å²) in [6, 6.07) is 12.8. The first-order valence-electron chi connectivity index (χ1n) is 14.1. The lowest BCUT2D eigenvalue weighted by atomic mass is 9.92. The van der Waals surface area contributed by atoms with Crippen molar-refractivity contribution in [3.8, 4) is 27.9 Å². The SMILES string of the molecule is Cc1ccc(-n2nc(C(C)(C)C)cc2NC(=O)Nc2cnc(Oc3ccc(-c4cnc(N5CCCC5=O)s4)cc3)nc2)cn1. The van der Waals surface area contributed by atoms with Gasteiger partial charge in [-0.2, -0.15) is 5.10 Å². The van der Waals surface area contributed by atoms with Gasteiger partial charge in [0.15, 0.2) is 5.13 Å². The molecule has 1 aromatic carbocycles. The van der Waals surface area contributed by atoms with Crippen LogP contribution in [0.2, 0.25) is 0 Å². The molecule has 4 aromatic heterocycles. The van der Waals surface area contributed by atoms with Gasteiger partial charge in [0.05, 0.1) is 40.5 Å². The molecule has 6 rings (SSSR count). The maximum atomic E-state index is 12.9. The maximum Gasteiger partial charge on any atom is 0.324 e. The van der Waals surface area contributed by atoms with Gasteiger partial charge in [0.1, 0.15) is 11.6 Å². The number of hydrogen-bond donors (Lipinski definition) is 2. The van der Waals surface area contributed by atoms with E-state index >= 15 is 0 Å². The Balaban J connectivity index is 1.08. The topological polar surface area (TPSA) is 140 Å². The van der Waals surface area contributed by atoms with Crippen molar-refractivity contribution in [3.63, 3.8) is 0 Å². The highest BCUT2D eigenvalue weighted by Gasteiger charge is 2.25. The van der Waals surface area contributed by atoms with Gasteiger partial charge in [0, 0.05) is 36.3 Å². The zero-order chi connectivity index (χ0) is 30.8. The molecule has 0 atom stereocenters. The fourth-order valence-corrected chi connectivity index (χ4v) is 5.46. The molecule has 1 saturated heterocycles. The molecule has 2 N–H and O–H groups in total. The molecule has 0 aliphatic carbocycles. The summed E-state index contributed by atoms with van der Waals surface area (Å²) in [5, 5.41) is 11.1. The molecule has 3 amide bonds. The highest BCUT2D eigenvalue weighted by Crippen LogP contribution is 2.34. The molecular weight excluding hydrogens is 578 g/mol. The van der Waals surface area contributed by atoms with Crippen LogP contribution < -0.4 is 20.3 Å². The van der Waals surface area contributed by atoms with Crippen molar-refractivity contribution in [1.29, 1.82) is 0 Å². The Hall–Kier alpha value is -5.17. The van der Waals surface area contributed by atoms with E-state index in [0.717, 1.165) is 39.1 Å². The zero-order valence-corrected chi connectivity index (χ0v) is 25.6. The number of aryl methyl sites for hydroxylation is 1. The monoisotopic (exact) mass is 609 g/mol. The van der Waals surface area contributed by atoms with E-state index < -0.39 is 6.03 Å². The first-order valence-corrected chi connectivity index (χ1v) is 14.9. The van der Waals surface area contributed by atoms with Crippen LogP contribution in [0.1, 0.15) is 45.0 Å². The molecule has 12 nitrogen and oxygen atoms in total. The number of rotatable bonds is 7. The predicted molar refractivity (Wildman–Crippen MR) is 169 cm³/mol. The number of thiazole rings is 1. The molecule has 1 fully saturated rings. The van der Waals surface area contributed by atoms with Gasteiger partial charge in [0.25, 0.3) is 0 Å². The maximum absolute atomic E-state index is 12.9. The van der Waals surface area contributed by atoms with Crippen LogP contribution in [-0.2, 0) is 10.2 Å². The number of carbonyl (C=O) groups excluding carboxylic acids is 2. The molecule has 13 heteroatoms. The molecule has 5 heterocycles. The van der Waals surface area contributed by atoms with Crippen molar-refractivity contribution in [2.75, 3.05) is 22.1 Å². The summed E-state index contributed by atoms with van der Waals surface area (Å²) >= 11 is 1.49. The minimum absolute atomic E-state index is 0.120. The molecule has 224 valence electrons. The second-order valence-corrected chi connectivity index (χ2v) is 12.4. The van der Waals surface area contributed by atoms with Crippen LogP contribution in [0.25, 0.3) is 16.1 Å². The van der Waals surface area contributed by atoms with Crippen LogP contribution in [0.5, 0.6) is 11.8 Å². The van der Waals surface area contributed by atoms with E-state index in [1.165, 1.54) is 23.7 Å². The van der Waals surface area contributed by atoms with E-state index in [1.807, 2.05) is 49.4 Å². The molecule has 0 bridgehead atoms. The number of nitrogens with zero attached hydrogens (tertiary/aromatic N) is 7. The number of aromatic nitrogens is 6. The standard InChI is InChI=1S/C31H31N9O3S/c1-19-7-10-22(17-32-19)40-26(14-25(38-40)31(2,3)4)37-28(42)36-21-15-33-29(34-16-21)43-23-11-8-20(9-12-23)24-18-35-30(44-24)39-13-5-6-27(39)41/h7-12,14-18H,5-6,13H2,1-4H3,(H2,36,37,42). The lowest BCUT2D eigenvalue weighted by Gasteiger charge is -2.14. The fraction of sp³-hybridized carbons (Fsp3) is 0.258. The molecule has 5 aromatic rings. The highest BCUT2D eigenvalue weighted by molar-refractivity contribution is 7.19. The molecule has 0 spiro atoms. The van der Waals surface area contributed by atoms with Gasteiger partial charge in [-0.25, -0.2) is 24.4 Å². The van der Waals surface area contributed by atoms with Gasteiger partial charge in [-0.3, -0.25) is 20.0 Å². The second kappa shape index (κ2) is 11.8. The van der Waals surface area contributed by atoms with Crippen molar-refractivity contribution < 1.29 is 14.3 Å². The van der Waals surface area contributed by atoms with E-state index in [9.17, 15) is 9.59 Å². The molecular formula is C31H31N9O3S. The van der Waals surface area contributed by atoms with Gasteiger partial charge in [-0.05, 0) is 55.3 Å². The molecule has 0 unspecified atom stereocenters.